The highest BCUT2D eigenvalue weighted by Gasteiger charge is 2.17. The van der Waals surface area contributed by atoms with Crippen molar-refractivity contribution in [2.75, 3.05) is 26.8 Å². The fourth-order valence-corrected chi connectivity index (χ4v) is 3.67. The first-order chi connectivity index (χ1) is 14.6. The first kappa shape index (κ1) is 21.9. The molecule has 3 rings (SSSR count). The molecule has 30 heavy (non-hydrogen) atoms. The third-order valence-electron chi connectivity index (χ3n) is 4.37. The summed E-state index contributed by atoms with van der Waals surface area (Å²) in [4.78, 5) is 14.5. The third kappa shape index (κ3) is 6.08. The summed E-state index contributed by atoms with van der Waals surface area (Å²) in [6, 6.07) is 13.8. The van der Waals surface area contributed by atoms with E-state index >= 15 is 0 Å². The zero-order valence-electron chi connectivity index (χ0n) is 16.6. The van der Waals surface area contributed by atoms with Crippen LogP contribution in [0.3, 0.4) is 0 Å². The highest BCUT2D eigenvalue weighted by molar-refractivity contribution is 7.13. The standard InChI is InChI=1S/C22H23F2N3O2S/c1-29-12-11-26(16-20(23)24)21(28)10-9-18-15-27(14-17-6-3-2-4-7-17)25-22(18)19-8-5-13-30-19/h2-10,13,15,20H,11-12,14,16H2,1H3/b10-9+. The average molecular weight is 432 g/mol. The number of hydrogen-bond donors (Lipinski definition) is 0. The number of benzene rings is 1. The summed E-state index contributed by atoms with van der Waals surface area (Å²) in [5.74, 6) is -0.486. The van der Waals surface area contributed by atoms with Gasteiger partial charge in [-0.15, -0.1) is 11.3 Å². The van der Waals surface area contributed by atoms with Gasteiger partial charge < -0.3 is 9.64 Å². The minimum atomic E-state index is -2.60. The maximum atomic E-state index is 12.8. The topological polar surface area (TPSA) is 47.4 Å². The first-order valence-electron chi connectivity index (χ1n) is 9.46. The number of methoxy groups -OCH3 is 1. The molecule has 0 bridgehead atoms. The molecule has 5 nitrogen and oxygen atoms in total. The van der Waals surface area contributed by atoms with Gasteiger partial charge in [-0.25, -0.2) is 8.78 Å². The third-order valence-corrected chi connectivity index (χ3v) is 5.25. The van der Waals surface area contributed by atoms with E-state index in [1.165, 1.54) is 13.2 Å². The van der Waals surface area contributed by atoms with Gasteiger partial charge in [-0.3, -0.25) is 9.48 Å². The molecule has 0 atom stereocenters. The summed E-state index contributed by atoms with van der Waals surface area (Å²) < 4.78 is 32.4. The number of carbonyl (C=O) groups excluding carboxylic acids is 1. The summed E-state index contributed by atoms with van der Waals surface area (Å²) in [6.07, 6.45) is 2.21. The summed E-state index contributed by atoms with van der Waals surface area (Å²) in [5.41, 5.74) is 2.61. The molecule has 0 saturated heterocycles. The van der Waals surface area contributed by atoms with Crippen LogP contribution < -0.4 is 0 Å². The lowest BCUT2D eigenvalue weighted by Crippen LogP contribution is -2.36. The Labute approximate surface area is 178 Å². The second kappa shape index (κ2) is 10.8. The molecule has 1 amide bonds. The SMILES string of the molecule is COCCN(CC(F)F)C(=O)/C=C/c1cn(Cc2ccccc2)nc1-c1cccs1. The predicted molar refractivity (Wildman–Crippen MR) is 115 cm³/mol. The molecule has 8 heteroatoms. The molecule has 0 aliphatic carbocycles. The lowest BCUT2D eigenvalue weighted by molar-refractivity contribution is -0.128. The molecule has 0 unspecified atom stereocenters. The highest BCUT2D eigenvalue weighted by atomic mass is 32.1. The van der Waals surface area contributed by atoms with Crippen LogP contribution in [0.4, 0.5) is 8.78 Å². The minimum Gasteiger partial charge on any atom is -0.383 e. The first-order valence-corrected chi connectivity index (χ1v) is 10.3. The van der Waals surface area contributed by atoms with Crippen LogP contribution in [0.1, 0.15) is 11.1 Å². The fraction of sp³-hybridized carbons (Fsp3) is 0.273. The maximum Gasteiger partial charge on any atom is 0.255 e. The zero-order chi connectivity index (χ0) is 21.3. The maximum absolute atomic E-state index is 12.8. The van der Waals surface area contributed by atoms with E-state index in [1.807, 2.05) is 58.7 Å². The molecule has 0 aliphatic heterocycles. The summed E-state index contributed by atoms with van der Waals surface area (Å²) in [6.45, 7) is 0.265. The zero-order valence-corrected chi connectivity index (χ0v) is 17.4. The molecule has 0 N–H and O–H groups in total. The largest absolute Gasteiger partial charge is 0.383 e. The van der Waals surface area contributed by atoms with Crippen molar-refractivity contribution >= 4 is 23.3 Å². The van der Waals surface area contributed by atoms with Crippen LogP contribution in [-0.4, -0.2) is 53.8 Å². The van der Waals surface area contributed by atoms with Gasteiger partial charge in [0, 0.05) is 31.5 Å². The summed E-state index contributed by atoms with van der Waals surface area (Å²) in [5, 5.41) is 6.64. The summed E-state index contributed by atoms with van der Waals surface area (Å²) >= 11 is 1.55. The van der Waals surface area contributed by atoms with E-state index in [1.54, 1.807) is 17.4 Å². The van der Waals surface area contributed by atoms with Crippen LogP contribution in [-0.2, 0) is 16.1 Å². The van der Waals surface area contributed by atoms with Gasteiger partial charge in [-0.05, 0) is 23.1 Å². The lowest BCUT2D eigenvalue weighted by atomic mass is 10.2. The quantitative estimate of drug-likeness (QED) is 0.447. The van der Waals surface area contributed by atoms with Gasteiger partial charge in [0.1, 0.15) is 5.69 Å². The number of nitrogens with zero attached hydrogens (tertiary/aromatic N) is 3. The van der Waals surface area contributed by atoms with Crippen molar-refractivity contribution < 1.29 is 18.3 Å². The van der Waals surface area contributed by atoms with Crippen LogP contribution in [0.25, 0.3) is 16.6 Å². The summed E-state index contributed by atoms with van der Waals surface area (Å²) in [7, 11) is 1.47. The minimum absolute atomic E-state index is 0.106. The number of rotatable bonds is 10. The van der Waals surface area contributed by atoms with E-state index in [9.17, 15) is 13.6 Å². The van der Waals surface area contributed by atoms with Crippen LogP contribution >= 0.6 is 11.3 Å². The molecule has 0 saturated carbocycles. The Morgan fingerprint density at radius 2 is 2.07 bits per heavy atom. The normalized spacial score (nSPS) is 11.5. The molecule has 0 spiro atoms. The van der Waals surface area contributed by atoms with Crippen molar-refractivity contribution in [3.63, 3.8) is 0 Å². The molecular formula is C22H23F2N3O2S. The van der Waals surface area contributed by atoms with Crippen molar-refractivity contribution in [3.05, 3.63) is 71.2 Å². The smallest absolute Gasteiger partial charge is 0.255 e. The second-order valence-corrected chi connectivity index (χ2v) is 7.54. The number of alkyl halides is 2. The van der Waals surface area contributed by atoms with E-state index in [-0.39, 0.29) is 13.2 Å². The Kier molecular flexibility index (Phi) is 7.87. The number of amides is 1. The number of ether oxygens (including phenoxy) is 1. The van der Waals surface area contributed by atoms with Gasteiger partial charge in [0.2, 0.25) is 5.91 Å². The van der Waals surface area contributed by atoms with Gasteiger partial charge in [0.25, 0.3) is 6.43 Å². The Hall–Kier alpha value is -2.84. The van der Waals surface area contributed by atoms with Crippen LogP contribution in [0.5, 0.6) is 0 Å². The van der Waals surface area contributed by atoms with Crippen molar-refractivity contribution in [2.45, 2.75) is 13.0 Å². The molecular weight excluding hydrogens is 408 g/mol. The van der Waals surface area contributed by atoms with Crippen LogP contribution in [0.2, 0.25) is 0 Å². The highest BCUT2D eigenvalue weighted by Crippen LogP contribution is 2.28. The number of halogens is 2. The Bertz CT molecular complexity index is 956. The average Bonchev–Trinajstić information content (AvgIpc) is 3.39. The monoisotopic (exact) mass is 431 g/mol. The van der Waals surface area contributed by atoms with Crippen molar-refractivity contribution in [2.24, 2.45) is 0 Å². The van der Waals surface area contributed by atoms with Gasteiger partial charge in [-0.2, -0.15) is 5.10 Å². The van der Waals surface area contributed by atoms with Crippen molar-refractivity contribution in [1.82, 2.24) is 14.7 Å². The van der Waals surface area contributed by atoms with E-state index in [0.29, 0.717) is 6.54 Å². The Morgan fingerprint density at radius 3 is 2.73 bits per heavy atom. The molecule has 158 valence electrons. The van der Waals surface area contributed by atoms with Gasteiger partial charge in [0.15, 0.2) is 0 Å². The van der Waals surface area contributed by atoms with Crippen LogP contribution in [0.15, 0.2) is 60.1 Å². The fourth-order valence-electron chi connectivity index (χ4n) is 2.94. The van der Waals surface area contributed by atoms with E-state index in [4.69, 9.17) is 4.74 Å². The van der Waals surface area contributed by atoms with Gasteiger partial charge in [-0.1, -0.05) is 36.4 Å². The molecule has 2 aromatic heterocycles. The van der Waals surface area contributed by atoms with Crippen LogP contribution in [0, 0.1) is 0 Å². The molecule has 3 aromatic rings. The molecule has 1 aromatic carbocycles. The lowest BCUT2D eigenvalue weighted by Gasteiger charge is -2.20. The Morgan fingerprint density at radius 1 is 1.27 bits per heavy atom. The van der Waals surface area contributed by atoms with Crippen molar-refractivity contribution in [1.29, 1.82) is 0 Å². The van der Waals surface area contributed by atoms with Gasteiger partial charge in [0.05, 0.1) is 24.6 Å². The van der Waals surface area contributed by atoms with E-state index in [0.717, 1.165) is 26.6 Å². The Balaban J connectivity index is 1.83. The number of hydrogen-bond acceptors (Lipinski definition) is 4. The molecule has 0 fully saturated rings. The van der Waals surface area contributed by atoms with E-state index in [2.05, 4.69) is 5.10 Å². The molecule has 0 aliphatic rings. The molecule has 2 heterocycles. The number of aromatic nitrogens is 2. The second-order valence-electron chi connectivity index (χ2n) is 6.59. The van der Waals surface area contributed by atoms with Crippen molar-refractivity contribution in [3.8, 4) is 10.6 Å². The number of thiophene rings is 1. The predicted octanol–water partition coefficient (Wildman–Crippen LogP) is 4.41. The van der Waals surface area contributed by atoms with E-state index < -0.39 is 18.9 Å². The van der Waals surface area contributed by atoms with Gasteiger partial charge >= 0.3 is 0 Å². The molecule has 0 radical (unpaired) electrons. The number of carbonyl (C=O) groups is 1.